The lowest BCUT2D eigenvalue weighted by atomic mass is 9.81. The molecule has 2 aromatic rings. The molecule has 2 aliphatic heterocycles. The first kappa shape index (κ1) is 18.7. The molecule has 26 heavy (non-hydrogen) atoms. The Labute approximate surface area is 160 Å². The zero-order valence-electron chi connectivity index (χ0n) is 14.8. The van der Waals surface area contributed by atoms with E-state index in [-0.39, 0.29) is 19.2 Å². The van der Waals surface area contributed by atoms with Gasteiger partial charge in [0.1, 0.15) is 11.5 Å². The Morgan fingerprint density at radius 2 is 1.81 bits per heavy atom. The van der Waals surface area contributed by atoms with Crippen molar-refractivity contribution in [2.75, 3.05) is 33.6 Å². The molecular weight excluding hydrogens is 354 g/mol. The predicted molar refractivity (Wildman–Crippen MR) is 102 cm³/mol. The van der Waals surface area contributed by atoms with Crippen LogP contribution < -0.4 is 24.3 Å². The highest BCUT2D eigenvalue weighted by atomic mass is 35.5. The minimum Gasteiger partial charge on any atom is -0.497 e. The van der Waals surface area contributed by atoms with Crippen molar-refractivity contribution in [3.8, 4) is 23.0 Å². The number of ether oxygens (including phenoxy) is 4. The topological polar surface area (TPSA) is 49.0 Å². The van der Waals surface area contributed by atoms with Crippen molar-refractivity contribution in [1.29, 1.82) is 0 Å². The summed E-state index contributed by atoms with van der Waals surface area (Å²) in [7, 11) is 1.70. The van der Waals surface area contributed by atoms with Crippen LogP contribution >= 0.6 is 12.4 Å². The van der Waals surface area contributed by atoms with Crippen molar-refractivity contribution in [3.05, 3.63) is 48.0 Å². The molecule has 1 saturated heterocycles. The minimum atomic E-state index is 0. The number of piperidine rings is 1. The monoisotopic (exact) mass is 377 g/mol. The first-order chi connectivity index (χ1) is 12.3. The second-order valence-electron chi connectivity index (χ2n) is 6.46. The second-order valence-corrected chi connectivity index (χ2v) is 6.46. The SMILES string of the molecule is COc1ccc([C@H]2CCNC[C@@H]2COc2ccc3c(c2)OCO3)cc1.Cl. The Hall–Kier alpha value is -2.11. The Morgan fingerprint density at radius 1 is 1.04 bits per heavy atom. The number of benzene rings is 2. The van der Waals surface area contributed by atoms with Crippen LogP contribution in [0, 0.1) is 5.92 Å². The first-order valence-corrected chi connectivity index (χ1v) is 8.70. The summed E-state index contributed by atoms with van der Waals surface area (Å²) >= 11 is 0. The van der Waals surface area contributed by atoms with Gasteiger partial charge < -0.3 is 24.3 Å². The minimum absolute atomic E-state index is 0. The molecule has 2 heterocycles. The zero-order chi connectivity index (χ0) is 17.1. The Bertz CT molecular complexity index is 722. The van der Waals surface area contributed by atoms with Crippen molar-refractivity contribution in [1.82, 2.24) is 5.32 Å². The highest BCUT2D eigenvalue weighted by molar-refractivity contribution is 5.85. The molecule has 2 atom stereocenters. The van der Waals surface area contributed by atoms with Crippen LogP contribution in [0.4, 0.5) is 0 Å². The third kappa shape index (κ3) is 4.00. The number of hydrogen-bond acceptors (Lipinski definition) is 5. The van der Waals surface area contributed by atoms with E-state index in [0.717, 1.165) is 42.5 Å². The molecule has 0 aliphatic carbocycles. The second kappa shape index (κ2) is 8.52. The maximum Gasteiger partial charge on any atom is 0.231 e. The molecule has 0 spiro atoms. The van der Waals surface area contributed by atoms with E-state index in [1.54, 1.807) is 7.11 Å². The van der Waals surface area contributed by atoms with E-state index >= 15 is 0 Å². The third-order valence-electron chi connectivity index (χ3n) is 4.96. The standard InChI is InChI=1S/C20H23NO4.ClH/c1-22-16-4-2-14(3-5-16)18-8-9-21-11-15(18)12-23-17-6-7-19-20(10-17)25-13-24-19;/h2-7,10,15,18,21H,8-9,11-13H2,1H3;1H/t15-,18-;/m1./s1. The van der Waals surface area contributed by atoms with Crippen LogP contribution in [0.2, 0.25) is 0 Å². The smallest absolute Gasteiger partial charge is 0.231 e. The first-order valence-electron chi connectivity index (χ1n) is 8.70. The van der Waals surface area contributed by atoms with E-state index in [9.17, 15) is 0 Å². The van der Waals surface area contributed by atoms with Crippen molar-refractivity contribution in [2.24, 2.45) is 5.92 Å². The lowest BCUT2D eigenvalue weighted by Crippen LogP contribution is -2.38. The fourth-order valence-electron chi connectivity index (χ4n) is 3.56. The Morgan fingerprint density at radius 3 is 2.62 bits per heavy atom. The van der Waals surface area contributed by atoms with Crippen molar-refractivity contribution >= 4 is 12.4 Å². The van der Waals surface area contributed by atoms with Gasteiger partial charge in [-0.1, -0.05) is 12.1 Å². The van der Waals surface area contributed by atoms with Gasteiger partial charge in [-0.2, -0.15) is 0 Å². The van der Waals surface area contributed by atoms with Gasteiger partial charge >= 0.3 is 0 Å². The molecule has 2 aromatic carbocycles. The van der Waals surface area contributed by atoms with Gasteiger partial charge in [0.25, 0.3) is 0 Å². The van der Waals surface area contributed by atoms with Crippen LogP contribution in [-0.2, 0) is 0 Å². The fraction of sp³-hybridized carbons (Fsp3) is 0.400. The number of methoxy groups -OCH3 is 1. The summed E-state index contributed by atoms with van der Waals surface area (Å²) in [5.74, 6) is 4.16. The summed E-state index contributed by atoms with van der Waals surface area (Å²) in [4.78, 5) is 0. The average Bonchev–Trinajstić information content (AvgIpc) is 3.14. The number of nitrogens with one attached hydrogen (secondary N) is 1. The van der Waals surface area contributed by atoms with Gasteiger partial charge in [-0.05, 0) is 48.7 Å². The van der Waals surface area contributed by atoms with Crippen molar-refractivity contribution in [3.63, 3.8) is 0 Å². The molecule has 1 fully saturated rings. The molecule has 2 aliphatic rings. The van der Waals surface area contributed by atoms with E-state index in [1.807, 2.05) is 30.3 Å². The highest BCUT2D eigenvalue weighted by Gasteiger charge is 2.27. The van der Waals surface area contributed by atoms with Crippen LogP contribution in [0.3, 0.4) is 0 Å². The van der Waals surface area contributed by atoms with Crippen LogP contribution in [-0.4, -0.2) is 33.6 Å². The number of fused-ring (bicyclic) bond motifs is 1. The van der Waals surface area contributed by atoms with Gasteiger partial charge in [0.05, 0.1) is 13.7 Å². The predicted octanol–water partition coefficient (Wildman–Crippen LogP) is 3.62. The highest BCUT2D eigenvalue weighted by Crippen LogP contribution is 2.36. The number of hydrogen-bond donors (Lipinski definition) is 1. The summed E-state index contributed by atoms with van der Waals surface area (Å²) in [6.07, 6.45) is 1.11. The average molecular weight is 378 g/mol. The van der Waals surface area contributed by atoms with Crippen LogP contribution in [0.15, 0.2) is 42.5 Å². The van der Waals surface area contributed by atoms with Gasteiger partial charge in [0.2, 0.25) is 6.79 Å². The van der Waals surface area contributed by atoms with Gasteiger partial charge in [-0.25, -0.2) is 0 Å². The fourth-order valence-corrected chi connectivity index (χ4v) is 3.56. The van der Waals surface area contributed by atoms with Crippen LogP contribution in [0.5, 0.6) is 23.0 Å². The van der Waals surface area contributed by atoms with Crippen molar-refractivity contribution < 1.29 is 18.9 Å². The van der Waals surface area contributed by atoms with Gasteiger partial charge in [0, 0.05) is 18.5 Å². The lowest BCUT2D eigenvalue weighted by molar-refractivity contribution is 0.173. The summed E-state index contributed by atoms with van der Waals surface area (Å²) in [6.45, 7) is 2.95. The van der Waals surface area contributed by atoms with Gasteiger partial charge in [-0.15, -0.1) is 12.4 Å². The molecule has 0 unspecified atom stereocenters. The van der Waals surface area contributed by atoms with E-state index in [0.29, 0.717) is 18.4 Å². The quantitative estimate of drug-likeness (QED) is 0.862. The summed E-state index contributed by atoms with van der Waals surface area (Å²) in [5.41, 5.74) is 1.35. The molecule has 5 nitrogen and oxygen atoms in total. The molecule has 0 amide bonds. The molecule has 6 heteroatoms. The van der Waals surface area contributed by atoms with Crippen LogP contribution in [0.1, 0.15) is 17.9 Å². The molecule has 4 rings (SSSR count). The van der Waals surface area contributed by atoms with Crippen LogP contribution in [0.25, 0.3) is 0 Å². The molecule has 140 valence electrons. The third-order valence-corrected chi connectivity index (χ3v) is 4.96. The van der Waals surface area contributed by atoms with Gasteiger partial charge in [-0.3, -0.25) is 0 Å². The van der Waals surface area contributed by atoms with E-state index in [1.165, 1.54) is 5.56 Å². The van der Waals surface area contributed by atoms with Gasteiger partial charge in [0.15, 0.2) is 11.5 Å². The van der Waals surface area contributed by atoms with E-state index < -0.39 is 0 Å². The molecule has 0 aromatic heterocycles. The zero-order valence-corrected chi connectivity index (χ0v) is 15.6. The lowest BCUT2D eigenvalue weighted by Gasteiger charge is -2.32. The molecule has 0 saturated carbocycles. The maximum atomic E-state index is 6.07. The molecule has 0 radical (unpaired) electrons. The van der Waals surface area contributed by atoms with E-state index in [4.69, 9.17) is 18.9 Å². The maximum absolute atomic E-state index is 6.07. The summed E-state index contributed by atoms with van der Waals surface area (Å²) < 4.78 is 22.1. The number of rotatable bonds is 5. The normalized spacial score (nSPS) is 21.0. The Kier molecular flexibility index (Phi) is 6.12. The summed E-state index contributed by atoms with van der Waals surface area (Å²) in [6, 6.07) is 14.1. The molecule has 0 bridgehead atoms. The number of halogens is 1. The largest absolute Gasteiger partial charge is 0.497 e. The van der Waals surface area contributed by atoms with Crippen molar-refractivity contribution in [2.45, 2.75) is 12.3 Å². The summed E-state index contributed by atoms with van der Waals surface area (Å²) in [5, 5.41) is 3.49. The Balaban J connectivity index is 0.00000196. The molecule has 1 N–H and O–H groups in total. The molecular formula is C20H24ClNO4. The van der Waals surface area contributed by atoms with E-state index in [2.05, 4.69) is 17.4 Å².